The van der Waals surface area contributed by atoms with Crippen LogP contribution in [0.15, 0.2) is 23.3 Å². The fourth-order valence-corrected chi connectivity index (χ4v) is 6.91. The monoisotopic (exact) mass is 552 g/mol. The summed E-state index contributed by atoms with van der Waals surface area (Å²) in [5, 5.41) is 0. The topological polar surface area (TPSA) is 66.2 Å². The second-order valence-electron chi connectivity index (χ2n) is 12.1. The Morgan fingerprint density at radius 2 is 1.97 bits per heavy atom. The third-order valence-electron chi connectivity index (χ3n) is 8.99. The van der Waals surface area contributed by atoms with E-state index in [9.17, 15) is 18.0 Å². The number of hydrogen-bond acceptors (Lipinski definition) is 6. The highest BCUT2D eigenvalue weighted by atomic mass is 19.4. The van der Waals surface area contributed by atoms with Crippen molar-refractivity contribution in [2.75, 3.05) is 33.9 Å². The van der Waals surface area contributed by atoms with Gasteiger partial charge in [0.2, 0.25) is 0 Å². The van der Waals surface area contributed by atoms with E-state index in [1.54, 1.807) is 17.9 Å². The van der Waals surface area contributed by atoms with E-state index in [1.807, 2.05) is 0 Å². The molecule has 0 radical (unpaired) electrons. The van der Waals surface area contributed by atoms with Gasteiger partial charge in [-0.25, -0.2) is 15.6 Å². The van der Waals surface area contributed by atoms with Gasteiger partial charge in [-0.2, -0.15) is 13.2 Å². The van der Waals surface area contributed by atoms with Crippen molar-refractivity contribution in [3.05, 3.63) is 40.1 Å². The van der Waals surface area contributed by atoms with Crippen LogP contribution < -0.4 is 16.5 Å². The van der Waals surface area contributed by atoms with Crippen molar-refractivity contribution < 1.29 is 17.9 Å². The lowest BCUT2D eigenvalue weighted by atomic mass is 9.81. The van der Waals surface area contributed by atoms with E-state index in [1.165, 1.54) is 16.7 Å². The zero-order valence-corrected chi connectivity index (χ0v) is 23.3. The summed E-state index contributed by atoms with van der Waals surface area (Å²) < 4.78 is 51.2. The van der Waals surface area contributed by atoms with Gasteiger partial charge in [-0.15, -0.1) is 0 Å². The lowest BCUT2D eigenvalue weighted by Crippen LogP contribution is -2.39. The van der Waals surface area contributed by atoms with Crippen LogP contribution in [0.25, 0.3) is 5.52 Å². The third kappa shape index (κ3) is 6.53. The fraction of sp³-hybridized carbons (Fsp3) is 0.750. The smallest absolute Gasteiger partial charge is 0.381 e. The van der Waals surface area contributed by atoms with E-state index in [4.69, 9.17) is 4.74 Å². The van der Waals surface area contributed by atoms with Crippen LogP contribution in [0, 0.1) is 11.8 Å². The molecule has 3 aliphatic rings. The average molecular weight is 553 g/mol. The van der Waals surface area contributed by atoms with E-state index in [2.05, 4.69) is 34.6 Å². The SMILES string of the molecule is CO[C@H](CC1CCCC(n2cc3c(C(F)(F)F)cc(CN4CCC[C@H](C)C4)cn3c2=O)C1)CC1NNCN1C. The molecule has 2 aromatic heterocycles. The molecule has 0 amide bonds. The number of pyridine rings is 1. The third-order valence-corrected chi connectivity index (χ3v) is 8.99. The molecule has 0 bridgehead atoms. The summed E-state index contributed by atoms with van der Waals surface area (Å²) in [6.07, 6.45) is 6.23. The van der Waals surface area contributed by atoms with Crippen LogP contribution in [-0.4, -0.2) is 65.0 Å². The van der Waals surface area contributed by atoms with Gasteiger partial charge in [-0.3, -0.25) is 18.8 Å². The van der Waals surface area contributed by atoms with Gasteiger partial charge in [0, 0.05) is 45.1 Å². The van der Waals surface area contributed by atoms with E-state index in [0.29, 0.717) is 23.9 Å². The number of hydrogen-bond donors (Lipinski definition) is 2. The Hall–Kier alpha value is -1.92. The normalized spacial score (nSPS) is 28.4. The van der Waals surface area contributed by atoms with Crippen LogP contribution in [-0.2, 0) is 17.5 Å². The number of halogens is 3. The van der Waals surface area contributed by atoms with Gasteiger partial charge in [0.1, 0.15) is 0 Å². The van der Waals surface area contributed by atoms with Gasteiger partial charge in [0.15, 0.2) is 0 Å². The molecule has 5 rings (SSSR count). The molecule has 2 N–H and O–H groups in total. The van der Waals surface area contributed by atoms with Crippen molar-refractivity contribution >= 4 is 5.52 Å². The molecule has 1 aliphatic carbocycles. The molecule has 11 heteroatoms. The highest BCUT2D eigenvalue weighted by molar-refractivity contribution is 5.56. The number of nitrogens with zero attached hydrogens (tertiary/aromatic N) is 4. The number of ether oxygens (including phenoxy) is 1. The van der Waals surface area contributed by atoms with Crippen LogP contribution in [0.5, 0.6) is 0 Å². The summed E-state index contributed by atoms with van der Waals surface area (Å²) in [7, 11) is 3.79. The zero-order valence-electron chi connectivity index (χ0n) is 23.3. The van der Waals surface area contributed by atoms with Gasteiger partial charge in [0.25, 0.3) is 0 Å². The van der Waals surface area contributed by atoms with Crippen molar-refractivity contribution in [2.24, 2.45) is 11.8 Å². The lowest BCUT2D eigenvalue weighted by molar-refractivity contribution is -0.136. The van der Waals surface area contributed by atoms with Gasteiger partial charge < -0.3 is 4.74 Å². The maximum absolute atomic E-state index is 14.2. The van der Waals surface area contributed by atoms with E-state index < -0.39 is 11.7 Å². The van der Waals surface area contributed by atoms with E-state index in [-0.39, 0.29) is 29.5 Å². The van der Waals surface area contributed by atoms with Crippen molar-refractivity contribution in [3.63, 3.8) is 0 Å². The molecule has 0 spiro atoms. The van der Waals surface area contributed by atoms with E-state index >= 15 is 0 Å². The van der Waals surface area contributed by atoms with Crippen molar-refractivity contribution in [2.45, 2.75) is 89.3 Å². The minimum absolute atomic E-state index is 0.0528. The number of piperidine rings is 1. The molecule has 1 saturated carbocycles. The molecule has 5 atom stereocenters. The predicted molar refractivity (Wildman–Crippen MR) is 144 cm³/mol. The number of nitrogens with one attached hydrogen (secondary N) is 2. The molecular formula is C28H43F3N6O2. The first-order valence-electron chi connectivity index (χ1n) is 14.4. The average Bonchev–Trinajstić information content (AvgIpc) is 3.45. The first-order valence-corrected chi connectivity index (χ1v) is 14.4. The minimum atomic E-state index is -4.54. The molecular weight excluding hydrogens is 509 g/mol. The Kier molecular flexibility index (Phi) is 8.73. The Morgan fingerprint density at radius 1 is 1.15 bits per heavy atom. The molecule has 2 aliphatic heterocycles. The molecule has 8 nitrogen and oxygen atoms in total. The Bertz CT molecular complexity index is 1180. The predicted octanol–water partition coefficient (Wildman–Crippen LogP) is 4.20. The zero-order chi connectivity index (χ0) is 27.7. The van der Waals surface area contributed by atoms with E-state index in [0.717, 1.165) is 71.1 Å². The van der Waals surface area contributed by atoms with Gasteiger partial charge in [-0.05, 0) is 69.2 Å². The van der Waals surface area contributed by atoms with Gasteiger partial charge >= 0.3 is 11.9 Å². The number of fused-ring (bicyclic) bond motifs is 1. The molecule has 2 saturated heterocycles. The maximum atomic E-state index is 14.2. The van der Waals surface area contributed by atoms with Crippen LogP contribution in [0.1, 0.15) is 75.5 Å². The molecule has 2 aromatic rings. The Morgan fingerprint density at radius 3 is 2.67 bits per heavy atom. The number of alkyl halides is 3. The number of methoxy groups -OCH3 is 1. The molecule has 4 heterocycles. The number of aromatic nitrogens is 2. The fourth-order valence-electron chi connectivity index (χ4n) is 6.91. The molecule has 0 aromatic carbocycles. The summed E-state index contributed by atoms with van der Waals surface area (Å²) in [6, 6.07) is 1.13. The molecule has 218 valence electrons. The number of likely N-dealkylation sites (tertiary alicyclic amines) is 1. The van der Waals surface area contributed by atoms with Gasteiger partial charge in [-0.1, -0.05) is 19.8 Å². The second kappa shape index (κ2) is 11.9. The highest BCUT2D eigenvalue weighted by Gasteiger charge is 2.36. The quantitative estimate of drug-likeness (QED) is 0.512. The lowest BCUT2D eigenvalue weighted by Gasteiger charge is -2.32. The largest absolute Gasteiger partial charge is 0.418 e. The van der Waals surface area contributed by atoms with Crippen LogP contribution >= 0.6 is 0 Å². The van der Waals surface area contributed by atoms with Gasteiger partial charge in [0.05, 0.1) is 30.0 Å². The summed E-state index contributed by atoms with van der Waals surface area (Å²) >= 11 is 0. The van der Waals surface area contributed by atoms with Crippen LogP contribution in [0.3, 0.4) is 0 Å². The number of imidazole rings is 1. The Labute approximate surface area is 228 Å². The minimum Gasteiger partial charge on any atom is -0.381 e. The first kappa shape index (κ1) is 28.6. The van der Waals surface area contributed by atoms with Crippen LogP contribution in [0.4, 0.5) is 13.2 Å². The summed E-state index contributed by atoms with van der Waals surface area (Å²) in [5.74, 6) is 0.874. The maximum Gasteiger partial charge on any atom is 0.418 e. The van der Waals surface area contributed by atoms with Crippen LogP contribution in [0.2, 0.25) is 0 Å². The van der Waals surface area contributed by atoms with Crippen molar-refractivity contribution in [3.8, 4) is 0 Å². The summed E-state index contributed by atoms with van der Waals surface area (Å²) in [5.41, 5.74) is 5.79. The number of hydrazine groups is 1. The summed E-state index contributed by atoms with van der Waals surface area (Å²) in [4.78, 5) is 17.9. The van der Waals surface area contributed by atoms with Crippen molar-refractivity contribution in [1.82, 2.24) is 29.6 Å². The standard InChI is InChI=1S/C28H43F3N6O2/c1-19-6-5-9-35(14-19)15-21-12-24(28(29,30)31)25-17-36(27(38)37(25)16-21)22-8-4-7-20(10-22)11-23(39-3)13-26-33-32-18-34(26)2/h12,16-17,19-20,22-23,26,32-33H,4-11,13-15,18H2,1-3H3/t19-,20?,22?,23+,26?/m0/s1. The molecule has 39 heavy (non-hydrogen) atoms. The molecule has 3 unspecified atom stereocenters. The second-order valence-corrected chi connectivity index (χ2v) is 12.1. The first-order chi connectivity index (χ1) is 18.6. The molecule has 3 fully saturated rings. The van der Waals surface area contributed by atoms with Crippen molar-refractivity contribution in [1.29, 1.82) is 0 Å². The summed E-state index contributed by atoms with van der Waals surface area (Å²) in [6.45, 7) is 5.11. The highest BCUT2D eigenvalue weighted by Crippen LogP contribution is 2.37. The Balaban J connectivity index is 1.36. The number of rotatable bonds is 8.